The van der Waals surface area contributed by atoms with Gasteiger partial charge in [-0.05, 0) is 42.3 Å². The van der Waals surface area contributed by atoms with E-state index in [-0.39, 0.29) is 5.91 Å². The minimum Gasteiger partial charge on any atom is -0.497 e. The van der Waals surface area contributed by atoms with Gasteiger partial charge in [-0.15, -0.1) is 11.8 Å². The molecule has 4 nitrogen and oxygen atoms in total. The van der Waals surface area contributed by atoms with E-state index in [0.717, 1.165) is 23.3 Å². The van der Waals surface area contributed by atoms with Crippen LogP contribution in [0.1, 0.15) is 21.7 Å². The van der Waals surface area contributed by atoms with Crippen LogP contribution in [0.2, 0.25) is 0 Å². The molecule has 0 aliphatic rings. The lowest BCUT2D eigenvalue weighted by atomic mass is 10.1. The molecule has 134 valence electrons. The second kappa shape index (κ2) is 9.15. The van der Waals surface area contributed by atoms with E-state index in [0.29, 0.717) is 18.1 Å². The molecule has 0 fully saturated rings. The number of hydrogen-bond acceptors (Lipinski definition) is 4. The molecule has 0 atom stereocenters. The molecule has 5 heteroatoms. The van der Waals surface area contributed by atoms with Gasteiger partial charge in [0.1, 0.15) is 5.75 Å². The molecular weight excluding hydrogens is 346 g/mol. The van der Waals surface area contributed by atoms with Crippen molar-refractivity contribution in [2.24, 2.45) is 0 Å². The largest absolute Gasteiger partial charge is 0.497 e. The van der Waals surface area contributed by atoms with Crippen LogP contribution in [0.3, 0.4) is 0 Å². The molecule has 0 aliphatic heterocycles. The zero-order chi connectivity index (χ0) is 18.2. The van der Waals surface area contributed by atoms with Gasteiger partial charge in [-0.3, -0.25) is 4.79 Å². The van der Waals surface area contributed by atoms with Crippen molar-refractivity contribution < 1.29 is 13.9 Å². The van der Waals surface area contributed by atoms with Crippen LogP contribution < -0.4 is 10.1 Å². The fourth-order valence-electron chi connectivity index (χ4n) is 2.52. The SMILES string of the molecule is COc1ccc(CCNC(=O)c2occc2CSc2ccccc2)cc1. The summed E-state index contributed by atoms with van der Waals surface area (Å²) in [5, 5.41) is 2.93. The maximum Gasteiger partial charge on any atom is 0.287 e. The third-order valence-electron chi connectivity index (χ3n) is 3.95. The van der Waals surface area contributed by atoms with Crippen LogP contribution in [0.5, 0.6) is 5.75 Å². The molecule has 0 bridgehead atoms. The number of methoxy groups -OCH3 is 1. The number of rotatable bonds is 8. The second-order valence-corrected chi connectivity index (χ2v) is 6.78. The number of thioether (sulfide) groups is 1. The summed E-state index contributed by atoms with van der Waals surface area (Å²) in [6.07, 6.45) is 2.32. The highest BCUT2D eigenvalue weighted by molar-refractivity contribution is 7.98. The fourth-order valence-corrected chi connectivity index (χ4v) is 3.42. The Balaban J connectivity index is 1.51. The van der Waals surface area contributed by atoms with E-state index in [1.54, 1.807) is 25.1 Å². The third-order valence-corrected chi connectivity index (χ3v) is 5.01. The minimum absolute atomic E-state index is 0.174. The van der Waals surface area contributed by atoms with Crippen molar-refractivity contribution >= 4 is 17.7 Å². The summed E-state index contributed by atoms with van der Waals surface area (Å²) in [5.41, 5.74) is 2.05. The van der Waals surface area contributed by atoms with E-state index in [1.807, 2.05) is 48.5 Å². The van der Waals surface area contributed by atoms with Crippen molar-refractivity contribution in [1.29, 1.82) is 0 Å². The van der Waals surface area contributed by atoms with Crippen LogP contribution >= 0.6 is 11.8 Å². The van der Waals surface area contributed by atoms with Crippen LogP contribution in [-0.2, 0) is 12.2 Å². The molecule has 1 amide bonds. The first-order chi connectivity index (χ1) is 12.8. The predicted molar refractivity (Wildman–Crippen MR) is 104 cm³/mol. The minimum atomic E-state index is -0.174. The van der Waals surface area contributed by atoms with Crippen molar-refractivity contribution in [3.05, 3.63) is 83.8 Å². The Labute approximate surface area is 157 Å². The van der Waals surface area contributed by atoms with Crippen molar-refractivity contribution in [1.82, 2.24) is 5.32 Å². The summed E-state index contributed by atoms with van der Waals surface area (Å²) < 4.78 is 10.6. The highest BCUT2D eigenvalue weighted by Crippen LogP contribution is 2.24. The molecule has 1 N–H and O–H groups in total. The second-order valence-electron chi connectivity index (χ2n) is 5.73. The van der Waals surface area contributed by atoms with Gasteiger partial charge in [0.25, 0.3) is 5.91 Å². The van der Waals surface area contributed by atoms with Crippen molar-refractivity contribution in [3.63, 3.8) is 0 Å². The topological polar surface area (TPSA) is 51.5 Å². The quantitative estimate of drug-likeness (QED) is 0.593. The average Bonchev–Trinajstić information content (AvgIpc) is 3.16. The monoisotopic (exact) mass is 367 g/mol. The molecule has 1 heterocycles. The van der Waals surface area contributed by atoms with Gasteiger partial charge in [0.2, 0.25) is 0 Å². The van der Waals surface area contributed by atoms with E-state index in [9.17, 15) is 4.79 Å². The Hall–Kier alpha value is -2.66. The van der Waals surface area contributed by atoms with Gasteiger partial charge < -0.3 is 14.5 Å². The van der Waals surface area contributed by atoms with Gasteiger partial charge in [0, 0.05) is 22.8 Å². The molecule has 1 aromatic heterocycles. The molecule has 0 aliphatic carbocycles. The summed E-state index contributed by atoms with van der Waals surface area (Å²) >= 11 is 1.68. The molecule has 3 rings (SSSR count). The molecular formula is C21H21NO3S. The van der Waals surface area contributed by atoms with E-state index in [4.69, 9.17) is 9.15 Å². The highest BCUT2D eigenvalue weighted by atomic mass is 32.2. The first kappa shape index (κ1) is 18.1. The van der Waals surface area contributed by atoms with Gasteiger partial charge in [-0.1, -0.05) is 30.3 Å². The summed E-state index contributed by atoms with van der Waals surface area (Å²) in [5.74, 6) is 1.74. The van der Waals surface area contributed by atoms with Gasteiger partial charge >= 0.3 is 0 Å². The lowest BCUT2D eigenvalue weighted by Gasteiger charge is -2.06. The Bertz CT molecular complexity index is 828. The third kappa shape index (κ3) is 4.92. The zero-order valence-electron chi connectivity index (χ0n) is 14.6. The van der Waals surface area contributed by atoms with Crippen molar-refractivity contribution in [2.75, 3.05) is 13.7 Å². The van der Waals surface area contributed by atoms with Crippen molar-refractivity contribution in [3.8, 4) is 5.75 Å². The van der Waals surface area contributed by atoms with Crippen LogP contribution in [0.25, 0.3) is 0 Å². The highest BCUT2D eigenvalue weighted by Gasteiger charge is 2.15. The predicted octanol–water partition coefficient (Wildman–Crippen LogP) is 4.55. The van der Waals surface area contributed by atoms with Gasteiger partial charge in [-0.25, -0.2) is 0 Å². The Morgan fingerprint density at radius 3 is 2.58 bits per heavy atom. The Kier molecular flexibility index (Phi) is 6.39. The molecule has 26 heavy (non-hydrogen) atoms. The van der Waals surface area contributed by atoms with E-state index >= 15 is 0 Å². The van der Waals surface area contributed by atoms with Crippen LogP contribution in [-0.4, -0.2) is 19.6 Å². The maximum absolute atomic E-state index is 12.4. The molecule has 0 saturated carbocycles. The zero-order valence-corrected chi connectivity index (χ0v) is 15.4. The van der Waals surface area contributed by atoms with Crippen molar-refractivity contribution in [2.45, 2.75) is 17.1 Å². The Morgan fingerprint density at radius 2 is 1.85 bits per heavy atom. The lowest BCUT2D eigenvalue weighted by molar-refractivity contribution is 0.0925. The maximum atomic E-state index is 12.4. The summed E-state index contributed by atoms with van der Waals surface area (Å²) in [4.78, 5) is 13.6. The summed E-state index contributed by atoms with van der Waals surface area (Å²) in [7, 11) is 1.65. The van der Waals surface area contributed by atoms with Crippen LogP contribution in [0.4, 0.5) is 0 Å². The molecule has 0 unspecified atom stereocenters. The number of nitrogens with one attached hydrogen (secondary N) is 1. The smallest absolute Gasteiger partial charge is 0.287 e. The van der Waals surface area contributed by atoms with Crippen LogP contribution in [0.15, 0.2) is 76.2 Å². The first-order valence-electron chi connectivity index (χ1n) is 8.41. The molecule has 3 aromatic rings. The molecule has 0 spiro atoms. The fraction of sp³-hybridized carbons (Fsp3) is 0.190. The van der Waals surface area contributed by atoms with E-state index < -0.39 is 0 Å². The number of ether oxygens (including phenoxy) is 1. The number of furan rings is 1. The molecule has 2 aromatic carbocycles. The lowest BCUT2D eigenvalue weighted by Crippen LogP contribution is -2.26. The normalized spacial score (nSPS) is 10.5. The van der Waals surface area contributed by atoms with Gasteiger partial charge in [0.15, 0.2) is 5.76 Å². The number of benzene rings is 2. The van der Waals surface area contributed by atoms with E-state index in [2.05, 4.69) is 17.4 Å². The summed E-state index contributed by atoms with van der Waals surface area (Å²) in [6, 6.07) is 19.8. The Morgan fingerprint density at radius 1 is 1.08 bits per heavy atom. The first-order valence-corrected chi connectivity index (χ1v) is 9.40. The van der Waals surface area contributed by atoms with Crippen LogP contribution in [0, 0.1) is 0 Å². The van der Waals surface area contributed by atoms with E-state index in [1.165, 1.54) is 4.90 Å². The number of carbonyl (C=O) groups is 1. The number of hydrogen-bond donors (Lipinski definition) is 1. The molecule has 0 saturated heterocycles. The summed E-state index contributed by atoms with van der Waals surface area (Å²) in [6.45, 7) is 0.553. The standard InChI is InChI=1S/C21H21NO3S/c1-24-18-9-7-16(8-10-18)11-13-22-21(23)20-17(12-14-25-20)15-26-19-5-3-2-4-6-19/h2-10,12,14H,11,13,15H2,1H3,(H,22,23). The average molecular weight is 367 g/mol. The number of amides is 1. The number of carbonyl (C=O) groups excluding carboxylic acids is 1. The van der Waals surface area contributed by atoms with Gasteiger partial charge in [0.05, 0.1) is 13.4 Å². The molecule has 0 radical (unpaired) electrons. The van der Waals surface area contributed by atoms with Gasteiger partial charge in [-0.2, -0.15) is 0 Å².